The molecule has 3 rings (SSSR count). The molecule has 0 saturated carbocycles. The molecule has 0 fully saturated rings. The van der Waals surface area contributed by atoms with E-state index in [1.165, 1.54) is 10.1 Å². The average Bonchev–Trinajstić information content (AvgIpc) is 3.06. The van der Waals surface area contributed by atoms with Crippen molar-refractivity contribution in [1.82, 2.24) is 0 Å². The van der Waals surface area contributed by atoms with E-state index in [2.05, 4.69) is 29.5 Å². The van der Waals surface area contributed by atoms with Crippen molar-refractivity contribution in [2.75, 3.05) is 0 Å². The molecule has 0 aliphatic carbocycles. The highest BCUT2D eigenvalue weighted by molar-refractivity contribution is 7.43. The lowest BCUT2D eigenvalue weighted by molar-refractivity contribution is 0.0132. The Morgan fingerprint density at radius 1 is 1.21 bits per heavy atom. The topological polar surface area (TPSA) is 26.3 Å². The standard InChI is InChI=1S/C21H19O2S/c1-4-21(3,5-2)23-20(22)17-10-8-11-18(15-17)24-14-13-16-9-6-7-12-19(16)24/h1,6-15H,5H2,2-3H3/q+1. The lowest BCUT2D eigenvalue weighted by Gasteiger charge is -2.22. The molecule has 0 saturated heterocycles. The quantitative estimate of drug-likeness (QED) is 0.356. The number of rotatable bonds is 4. The van der Waals surface area contributed by atoms with Crippen molar-refractivity contribution in [3.63, 3.8) is 0 Å². The van der Waals surface area contributed by atoms with Crippen LogP contribution in [0.15, 0.2) is 60.0 Å². The van der Waals surface area contributed by atoms with Gasteiger partial charge in [0.05, 0.1) is 5.56 Å². The van der Waals surface area contributed by atoms with Gasteiger partial charge in [0.1, 0.15) is 5.38 Å². The Balaban J connectivity index is 1.95. The van der Waals surface area contributed by atoms with Crippen molar-refractivity contribution in [3.8, 4) is 17.2 Å². The second kappa shape index (κ2) is 6.51. The van der Waals surface area contributed by atoms with Gasteiger partial charge in [-0.05, 0) is 37.6 Å². The van der Waals surface area contributed by atoms with Gasteiger partial charge < -0.3 is 4.74 Å². The zero-order valence-corrected chi connectivity index (χ0v) is 14.6. The largest absolute Gasteiger partial charge is 0.443 e. The van der Waals surface area contributed by atoms with Gasteiger partial charge in [-0.2, -0.15) is 0 Å². The van der Waals surface area contributed by atoms with Crippen molar-refractivity contribution >= 4 is 26.5 Å². The maximum atomic E-state index is 12.5. The van der Waals surface area contributed by atoms with Crippen LogP contribution in [0, 0.1) is 12.3 Å². The molecule has 3 aromatic rings. The van der Waals surface area contributed by atoms with E-state index < -0.39 is 5.60 Å². The Morgan fingerprint density at radius 3 is 2.75 bits per heavy atom. The number of ether oxygens (including phenoxy) is 1. The summed E-state index contributed by atoms with van der Waals surface area (Å²) in [6.45, 7) is 3.66. The first kappa shape index (κ1) is 16.3. The fraction of sp³-hybridized carbons (Fsp3) is 0.190. The Bertz CT molecular complexity index is 932. The number of carbonyl (C=O) groups is 1. The highest BCUT2D eigenvalue weighted by Crippen LogP contribution is 2.39. The van der Waals surface area contributed by atoms with Gasteiger partial charge in [0.15, 0.2) is 15.2 Å². The molecule has 1 aromatic heterocycles. The van der Waals surface area contributed by atoms with Gasteiger partial charge in [-0.15, -0.1) is 6.42 Å². The van der Waals surface area contributed by atoms with E-state index in [4.69, 9.17) is 11.2 Å². The highest BCUT2D eigenvalue weighted by atomic mass is 32.2. The van der Waals surface area contributed by atoms with E-state index >= 15 is 0 Å². The fourth-order valence-corrected chi connectivity index (χ4v) is 4.40. The minimum absolute atomic E-state index is 0.148. The van der Waals surface area contributed by atoms with E-state index in [0.29, 0.717) is 12.0 Å². The molecule has 2 unspecified atom stereocenters. The Labute approximate surface area is 145 Å². The third-order valence-electron chi connectivity index (χ3n) is 4.16. The number of esters is 1. The molecule has 0 amide bonds. The molecule has 0 aliphatic heterocycles. The SMILES string of the molecule is C#CC(C)(CC)OC(=O)c1cccc(-[s+]2ccc3ccccc32)c1. The molecular formula is C21H19O2S+. The summed E-state index contributed by atoms with van der Waals surface area (Å²) in [4.78, 5) is 13.6. The zero-order chi connectivity index (χ0) is 17.2. The number of thiophene rings is 1. The van der Waals surface area contributed by atoms with E-state index in [9.17, 15) is 4.79 Å². The van der Waals surface area contributed by atoms with E-state index in [1.807, 2.05) is 37.3 Å². The molecule has 0 radical (unpaired) electrons. The molecule has 0 N–H and O–H groups in total. The minimum Gasteiger partial charge on any atom is -0.443 e. The van der Waals surface area contributed by atoms with Crippen molar-refractivity contribution in [1.29, 1.82) is 0 Å². The number of benzene rings is 2. The number of hydrogen-bond donors (Lipinski definition) is 0. The van der Waals surface area contributed by atoms with Crippen LogP contribution < -0.4 is 0 Å². The van der Waals surface area contributed by atoms with E-state index in [1.54, 1.807) is 13.0 Å². The third kappa shape index (κ3) is 3.06. The third-order valence-corrected chi connectivity index (χ3v) is 6.18. The zero-order valence-electron chi connectivity index (χ0n) is 13.8. The molecular weight excluding hydrogens is 316 g/mol. The van der Waals surface area contributed by atoms with Gasteiger partial charge in [-0.3, -0.25) is 0 Å². The van der Waals surface area contributed by atoms with Crippen molar-refractivity contribution in [2.24, 2.45) is 0 Å². The van der Waals surface area contributed by atoms with Gasteiger partial charge in [0.25, 0.3) is 0 Å². The fourth-order valence-electron chi connectivity index (χ4n) is 2.47. The molecule has 2 aromatic carbocycles. The summed E-state index contributed by atoms with van der Waals surface area (Å²) in [5, 5.41) is 3.42. The summed E-state index contributed by atoms with van der Waals surface area (Å²) in [6.07, 6.45) is 6.07. The lowest BCUT2D eigenvalue weighted by Crippen LogP contribution is -2.29. The Kier molecular flexibility index (Phi) is 4.42. The molecule has 0 aliphatic rings. The highest BCUT2D eigenvalue weighted by Gasteiger charge is 2.25. The molecule has 0 spiro atoms. The number of hydrogen-bond acceptors (Lipinski definition) is 2. The van der Waals surface area contributed by atoms with Crippen LogP contribution in [0.5, 0.6) is 0 Å². The van der Waals surface area contributed by atoms with Crippen molar-refractivity contribution in [2.45, 2.75) is 25.9 Å². The smallest absolute Gasteiger partial charge is 0.339 e. The van der Waals surface area contributed by atoms with Crippen LogP contribution in [0.4, 0.5) is 0 Å². The molecule has 2 nitrogen and oxygen atoms in total. The van der Waals surface area contributed by atoms with Gasteiger partial charge in [0, 0.05) is 28.0 Å². The van der Waals surface area contributed by atoms with Gasteiger partial charge in [-0.25, -0.2) is 4.79 Å². The predicted octanol–water partition coefficient (Wildman–Crippen LogP) is 5.54. The second-order valence-corrected chi connectivity index (χ2v) is 7.68. The summed E-state index contributed by atoms with van der Waals surface area (Å²) >= 11 is 0. The molecule has 3 heteroatoms. The van der Waals surface area contributed by atoms with Crippen molar-refractivity contribution < 1.29 is 9.53 Å². The molecule has 0 bridgehead atoms. The number of fused-ring (bicyclic) bond motifs is 1. The van der Waals surface area contributed by atoms with Crippen LogP contribution in [0.3, 0.4) is 0 Å². The van der Waals surface area contributed by atoms with Crippen LogP contribution in [-0.4, -0.2) is 11.6 Å². The first-order valence-corrected chi connectivity index (χ1v) is 9.16. The van der Waals surface area contributed by atoms with Crippen LogP contribution in [0.1, 0.15) is 30.6 Å². The van der Waals surface area contributed by atoms with Crippen molar-refractivity contribution in [3.05, 3.63) is 65.5 Å². The number of carbonyl (C=O) groups excluding carboxylic acids is 1. The maximum Gasteiger partial charge on any atom is 0.339 e. The van der Waals surface area contributed by atoms with Crippen LogP contribution in [0.25, 0.3) is 15.0 Å². The van der Waals surface area contributed by atoms with Crippen LogP contribution >= 0.6 is 10.5 Å². The van der Waals surface area contributed by atoms with Crippen LogP contribution in [0.2, 0.25) is 0 Å². The van der Waals surface area contributed by atoms with E-state index in [0.717, 1.165) is 4.90 Å². The Morgan fingerprint density at radius 2 is 2.00 bits per heavy atom. The molecule has 120 valence electrons. The van der Waals surface area contributed by atoms with E-state index in [-0.39, 0.29) is 16.4 Å². The minimum atomic E-state index is -0.866. The molecule has 2 atom stereocenters. The maximum absolute atomic E-state index is 12.5. The predicted molar refractivity (Wildman–Crippen MR) is 101 cm³/mol. The summed E-state index contributed by atoms with van der Waals surface area (Å²) < 4.78 is 6.80. The lowest BCUT2D eigenvalue weighted by atomic mass is 10.0. The van der Waals surface area contributed by atoms with Crippen LogP contribution in [-0.2, 0) is 4.74 Å². The summed E-state index contributed by atoms with van der Waals surface area (Å²) in [5.74, 6) is 2.18. The summed E-state index contributed by atoms with van der Waals surface area (Å²) in [7, 11) is -0.148. The number of terminal acetylenes is 1. The van der Waals surface area contributed by atoms with Gasteiger partial charge in [-0.1, -0.05) is 31.0 Å². The molecule has 24 heavy (non-hydrogen) atoms. The summed E-state index contributed by atoms with van der Waals surface area (Å²) in [6, 6.07) is 18.1. The van der Waals surface area contributed by atoms with Gasteiger partial charge in [0.2, 0.25) is 0 Å². The first-order chi connectivity index (χ1) is 11.6. The molecule has 1 heterocycles. The monoisotopic (exact) mass is 335 g/mol. The van der Waals surface area contributed by atoms with Gasteiger partial charge >= 0.3 is 5.97 Å². The normalized spacial score (nSPS) is 14.0. The first-order valence-electron chi connectivity index (χ1n) is 7.88. The average molecular weight is 335 g/mol. The Hall–Kier alpha value is -2.57. The second-order valence-electron chi connectivity index (χ2n) is 5.82. The summed E-state index contributed by atoms with van der Waals surface area (Å²) in [5.41, 5.74) is -0.331.